The molecule has 3 aromatic rings. The second-order valence-corrected chi connectivity index (χ2v) is 9.30. The van der Waals surface area contributed by atoms with Crippen molar-refractivity contribution in [3.63, 3.8) is 0 Å². The fraction of sp³-hybridized carbons (Fsp3) is 0.400. The van der Waals surface area contributed by atoms with Crippen molar-refractivity contribution in [2.75, 3.05) is 0 Å². The highest BCUT2D eigenvalue weighted by Crippen LogP contribution is 2.19. The van der Waals surface area contributed by atoms with Crippen LogP contribution in [0.4, 0.5) is 0 Å². The zero-order valence-corrected chi connectivity index (χ0v) is 21.4. The van der Waals surface area contributed by atoms with Crippen molar-refractivity contribution in [1.82, 2.24) is 30.9 Å². The van der Waals surface area contributed by atoms with E-state index in [1.165, 1.54) is 26.4 Å². The number of carbonyl (C=O) groups excluding carboxylic acids is 3. The molecule has 0 aliphatic carbocycles. The van der Waals surface area contributed by atoms with Crippen molar-refractivity contribution in [2.45, 2.75) is 63.1 Å². The zero-order valence-electron chi connectivity index (χ0n) is 21.4. The number of H-pyrrole nitrogens is 2. The van der Waals surface area contributed by atoms with Gasteiger partial charge in [-0.3, -0.25) is 14.4 Å². The number of aliphatic hydroxyl groups is 2. The number of hydrogen-bond acceptors (Lipinski definition) is 8. The highest BCUT2D eigenvalue weighted by molar-refractivity contribution is 5.95. The number of nitrogens with two attached hydrogens (primary N) is 1. The van der Waals surface area contributed by atoms with Gasteiger partial charge < -0.3 is 47.0 Å². The summed E-state index contributed by atoms with van der Waals surface area (Å²) in [4.78, 5) is 60.6. The topological polar surface area (TPSA) is 236 Å². The Hall–Kier alpha value is -4.27. The number of rotatable bonds is 13. The molecule has 6 unspecified atom stereocenters. The smallest absolute Gasteiger partial charge is 0.328 e. The number of nitrogens with zero attached hydrogens (tertiary/aromatic N) is 1. The van der Waals surface area contributed by atoms with Crippen LogP contribution in [0.1, 0.15) is 25.1 Å². The van der Waals surface area contributed by atoms with Crippen LogP contribution in [0.3, 0.4) is 0 Å². The van der Waals surface area contributed by atoms with E-state index in [0.717, 1.165) is 10.9 Å². The van der Waals surface area contributed by atoms with Gasteiger partial charge in [-0.1, -0.05) is 18.2 Å². The van der Waals surface area contributed by atoms with Gasteiger partial charge in [0.25, 0.3) is 0 Å². The summed E-state index contributed by atoms with van der Waals surface area (Å²) >= 11 is 0. The van der Waals surface area contributed by atoms with E-state index in [1.54, 1.807) is 6.20 Å². The summed E-state index contributed by atoms with van der Waals surface area (Å²) in [7, 11) is 0. The summed E-state index contributed by atoms with van der Waals surface area (Å²) in [5, 5.41) is 37.1. The van der Waals surface area contributed by atoms with Gasteiger partial charge in [0, 0.05) is 41.8 Å². The van der Waals surface area contributed by atoms with Crippen LogP contribution in [0.25, 0.3) is 10.9 Å². The molecule has 210 valence electrons. The number of aromatic nitrogens is 3. The highest BCUT2D eigenvalue weighted by Gasteiger charge is 2.33. The predicted octanol–water partition coefficient (Wildman–Crippen LogP) is -1.70. The second kappa shape index (κ2) is 13.0. The monoisotopic (exact) mass is 543 g/mol. The Labute approximate surface area is 223 Å². The van der Waals surface area contributed by atoms with Crippen LogP contribution in [0.5, 0.6) is 0 Å². The number of aromatic amines is 2. The van der Waals surface area contributed by atoms with Crippen LogP contribution in [0, 0.1) is 0 Å². The van der Waals surface area contributed by atoms with E-state index in [0.29, 0.717) is 11.3 Å². The molecule has 0 aliphatic heterocycles. The minimum absolute atomic E-state index is 0.0118. The van der Waals surface area contributed by atoms with Gasteiger partial charge in [0.1, 0.15) is 18.1 Å². The number of carboxylic acid groups (broad SMARTS) is 1. The number of carbonyl (C=O) groups is 4. The van der Waals surface area contributed by atoms with Crippen molar-refractivity contribution in [3.05, 3.63) is 54.2 Å². The molecule has 0 saturated heterocycles. The van der Waals surface area contributed by atoms with Gasteiger partial charge in [-0.2, -0.15) is 0 Å². The summed E-state index contributed by atoms with van der Waals surface area (Å²) in [6.45, 7) is 2.55. The lowest BCUT2D eigenvalue weighted by molar-refractivity contribution is -0.145. The van der Waals surface area contributed by atoms with Crippen LogP contribution in [0.15, 0.2) is 43.0 Å². The lowest BCUT2D eigenvalue weighted by Gasteiger charge is -2.26. The molecule has 0 radical (unpaired) electrons. The Balaban J connectivity index is 1.88. The molecule has 3 rings (SSSR count). The predicted molar refractivity (Wildman–Crippen MR) is 139 cm³/mol. The van der Waals surface area contributed by atoms with E-state index in [2.05, 4.69) is 30.9 Å². The van der Waals surface area contributed by atoms with E-state index in [-0.39, 0.29) is 12.8 Å². The quantitative estimate of drug-likeness (QED) is 0.119. The summed E-state index contributed by atoms with van der Waals surface area (Å²) in [5.74, 6) is -3.86. The van der Waals surface area contributed by atoms with Crippen molar-refractivity contribution in [2.24, 2.45) is 5.73 Å². The molecule has 6 atom stereocenters. The van der Waals surface area contributed by atoms with Crippen LogP contribution in [-0.4, -0.2) is 90.3 Å². The number of carboxylic acids is 1. The highest BCUT2D eigenvalue weighted by atomic mass is 16.4. The zero-order chi connectivity index (χ0) is 28.7. The largest absolute Gasteiger partial charge is 0.480 e. The summed E-state index contributed by atoms with van der Waals surface area (Å²) in [5.41, 5.74) is 7.75. The molecule has 14 nitrogen and oxygen atoms in total. The van der Waals surface area contributed by atoms with Gasteiger partial charge in [0.2, 0.25) is 17.7 Å². The number of benzene rings is 1. The van der Waals surface area contributed by atoms with Gasteiger partial charge in [-0.15, -0.1) is 0 Å². The Morgan fingerprint density at radius 1 is 0.923 bits per heavy atom. The van der Waals surface area contributed by atoms with Crippen LogP contribution >= 0.6 is 0 Å². The molecule has 1 aromatic carbocycles. The summed E-state index contributed by atoms with van der Waals surface area (Å²) in [6.07, 6.45) is 1.82. The molecule has 39 heavy (non-hydrogen) atoms. The van der Waals surface area contributed by atoms with Gasteiger partial charge in [-0.25, -0.2) is 9.78 Å². The summed E-state index contributed by atoms with van der Waals surface area (Å²) < 4.78 is 0. The molecule has 14 heteroatoms. The Kier molecular flexibility index (Phi) is 9.76. The molecule has 2 heterocycles. The molecular formula is C25H33N7O7. The minimum atomic E-state index is -1.62. The first kappa shape index (κ1) is 29.3. The normalized spacial score (nSPS) is 15.9. The lowest BCUT2D eigenvalue weighted by Crippen LogP contribution is -2.59. The molecule has 0 bridgehead atoms. The van der Waals surface area contributed by atoms with Crippen LogP contribution in [0.2, 0.25) is 0 Å². The second-order valence-electron chi connectivity index (χ2n) is 9.30. The fourth-order valence-electron chi connectivity index (χ4n) is 3.96. The van der Waals surface area contributed by atoms with Gasteiger partial charge in [0.15, 0.2) is 6.04 Å². The Morgan fingerprint density at radius 3 is 2.18 bits per heavy atom. The summed E-state index contributed by atoms with van der Waals surface area (Å²) in [6, 6.07) is 1.91. The van der Waals surface area contributed by atoms with Crippen LogP contribution in [-0.2, 0) is 32.0 Å². The standard InChI is InChI=1S/C25H33N7O7/c1-12(33)20(26)24(37)31-18(7-14-9-28-17-6-4-3-5-16(14)17)22(35)30-19(8-15-10-27-11-29-15)23(36)32-21(13(2)34)25(38)39/h3-6,9-13,18-21,28,33-34H,7-8,26H2,1-2H3,(H,27,29)(H,30,35)(H,31,37)(H,32,36)(H,38,39). The first-order chi connectivity index (χ1) is 18.5. The average molecular weight is 544 g/mol. The number of aliphatic carboxylic acids is 1. The van der Waals surface area contributed by atoms with E-state index in [1.807, 2.05) is 24.3 Å². The molecule has 10 N–H and O–H groups in total. The molecule has 3 amide bonds. The maximum absolute atomic E-state index is 13.5. The number of fused-ring (bicyclic) bond motifs is 1. The number of hydrogen-bond donors (Lipinski definition) is 9. The molecule has 2 aromatic heterocycles. The molecule has 0 spiro atoms. The molecule has 0 fully saturated rings. The number of imidazole rings is 1. The maximum Gasteiger partial charge on any atom is 0.328 e. The molecule has 0 saturated carbocycles. The first-order valence-electron chi connectivity index (χ1n) is 12.3. The molecular weight excluding hydrogens is 510 g/mol. The van der Waals surface area contributed by atoms with E-state index < -0.39 is 60.1 Å². The number of amides is 3. The van der Waals surface area contributed by atoms with Crippen molar-refractivity contribution >= 4 is 34.6 Å². The number of aliphatic hydroxyl groups excluding tert-OH is 2. The lowest BCUT2D eigenvalue weighted by atomic mass is 10.0. The average Bonchev–Trinajstić information content (AvgIpc) is 3.55. The van der Waals surface area contributed by atoms with E-state index >= 15 is 0 Å². The van der Waals surface area contributed by atoms with Gasteiger partial charge >= 0.3 is 5.97 Å². The third-order valence-corrected chi connectivity index (χ3v) is 6.21. The Bertz CT molecular complexity index is 1290. The van der Waals surface area contributed by atoms with Gasteiger partial charge in [-0.05, 0) is 25.5 Å². The maximum atomic E-state index is 13.5. The van der Waals surface area contributed by atoms with E-state index in [4.69, 9.17) is 5.73 Å². The SMILES string of the molecule is CC(O)C(N)C(=O)NC(Cc1c[nH]c2ccccc12)C(=O)NC(Cc1cnc[nH]1)C(=O)NC(C(=O)O)C(C)O. The van der Waals surface area contributed by atoms with Crippen LogP contribution < -0.4 is 21.7 Å². The van der Waals surface area contributed by atoms with Gasteiger partial charge in [0.05, 0.1) is 18.5 Å². The third kappa shape index (κ3) is 7.63. The number of para-hydroxylation sites is 1. The fourth-order valence-corrected chi connectivity index (χ4v) is 3.96. The van der Waals surface area contributed by atoms with Crippen molar-refractivity contribution in [3.8, 4) is 0 Å². The van der Waals surface area contributed by atoms with Crippen molar-refractivity contribution in [1.29, 1.82) is 0 Å². The first-order valence-corrected chi connectivity index (χ1v) is 12.3. The van der Waals surface area contributed by atoms with Crippen molar-refractivity contribution < 1.29 is 34.5 Å². The number of nitrogens with one attached hydrogen (secondary N) is 5. The Morgan fingerprint density at radius 2 is 1.56 bits per heavy atom. The minimum Gasteiger partial charge on any atom is -0.480 e. The van der Waals surface area contributed by atoms with E-state index in [9.17, 15) is 34.5 Å². The molecule has 0 aliphatic rings. The third-order valence-electron chi connectivity index (χ3n) is 6.21.